The van der Waals surface area contributed by atoms with E-state index >= 15 is 0 Å². The zero-order valence-corrected chi connectivity index (χ0v) is 15.5. The molecule has 6 nitrogen and oxygen atoms in total. The van der Waals surface area contributed by atoms with E-state index in [1.165, 1.54) is 25.9 Å². The van der Waals surface area contributed by atoms with Gasteiger partial charge in [0.2, 0.25) is 0 Å². The molecule has 1 aromatic heterocycles. The van der Waals surface area contributed by atoms with Crippen molar-refractivity contribution in [3.63, 3.8) is 0 Å². The van der Waals surface area contributed by atoms with Gasteiger partial charge in [-0.1, -0.05) is 6.92 Å². The van der Waals surface area contributed by atoms with Gasteiger partial charge in [-0.2, -0.15) is 5.10 Å². The van der Waals surface area contributed by atoms with Crippen LogP contribution in [0.3, 0.4) is 0 Å². The summed E-state index contributed by atoms with van der Waals surface area (Å²) in [6.45, 7) is 12.8. The Hall–Kier alpha value is -1.56. The van der Waals surface area contributed by atoms with Crippen molar-refractivity contribution in [1.29, 1.82) is 0 Å². The van der Waals surface area contributed by atoms with Crippen molar-refractivity contribution < 1.29 is 0 Å². The summed E-state index contributed by atoms with van der Waals surface area (Å²) in [7, 11) is 0. The molecule has 0 spiro atoms. The molecule has 1 saturated heterocycles. The molecule has 0 saturated carbocycles. The van der Waals surface area contributed by atoms with Gasteiger partial charge in [-0.25, -0.2) is 0 Å². The van der Waals surface area contributed by atoms with Crippen LogP contribution in [-0.4, -0.2) is 59.4 Å². The van der Waals surface area contributed by atoms with Crippen LogP contribution in [0.4, 0.5) is 0 Å². The fraction of sp³-hybridized carbons (Fsp3) is 0.778. The molecule has 0 aliphatic carbocycles. The summed E-state index contributed by atoms with van der Waals surface area (Å²) >= 11 is 0. The smallest absolute Gasteiger partial charge is 0.191 e. The van der Waals surface area contributed by atoms with Crippen LogP contribution in [0.5, 0.6) is 0 Å². The molecule has 0 bridgehead atoms. The second kappa shape index (κ2) is 10.3. The van der Waals surface area contributed by atoms with Crippen LogP contribution >= 0.6 is 0 Å². The van der Waals surface area contributed by atoms with E-state index in [-0.39, 0.29) is 0 Å². The van der Waals surface area contributed by atoms with Gasteiger partial charge in [0.1, 0.15) is 0 Å². The molecule has 24 heavy (non-hydrogen) atoms. The maximum Gasteiger partial charge on any atom is 0.191 e. The van der Waals surface area contributed by atoms with Crippen molar-refractivity contribution in [1.82, 2.24) is 25.3 Å². The monoisotopic (exact) mass is 334 g/mol. The van der Waals surface area contributed by atoms with Crippen molar-refractivity contribution in [2.75, 3.05) is 32.7 Å². The van der Waals surface area contributed by atoms with Crippen molar-refractivity contribution >= 4 is 5.96 Å². The molecule has 2 heterocycles. The van der Waals surface area contributed by atoms with Crippen LogP contribution < -0.4 is 10.6 Å². The number of nitrogens with zero attached hydrogens (tertiary/aromatic N) is 4. The number of likely N-dealkylation sites (tertiary alicyclic amines) is 1. The van der Waals surface area contributed by atoms with Crippen LogP contribution in [0.1, 0.15) is 40.0 Å². The Morgan fingerprint density at radius 1 is 1.33 bits per heavy atom. The maximum atomic E-state index is 4.77. The van der Waals surface area contributed by atoms with Crippen molar-refractivity contribution in [2.45, 2.75) is 52.6 Å². The molecule has 0 amide bonds. The van der Waals surface area contributed by atoms with Crippen LogP contribution in [0, 0.1) is 5.92 Å². The molecule has 2 N–H and O–H groups in total. The van der Waals surface area contributed by atoms with Gasteiger partial charge in [-0.3, -0.25) is 14.6 Å². The molecular formula is C18H34N6. The standard InChI is InChI=1S/C18H34N6/c1-4-19-18(20-9-5-11-24-12-6-10-22-24)21-15-17(3)23-13-7-16(2)8-14-23/h6,10,12,16-17H,4-5,7-9,11,13-15H2,1-3H3,(H2,19,20,21). The highest BCUT2D eigenvalue weighted by Crippen LogP contribution is 2.17. The fourth-order valence-corrected chi connectivity index (χ4v) is 3.03. The quantitative estimate of drug-likeness (QED) is 0.433. The number of piperidine rings is 1. The van der Waals surface area contributed by atoms with E-state index in [2.05, 4.69) is 41.4 Å². The number of aliphatic imine (C=N–C) groups is 1. The first kappa shape index (κ1) is 18.8. The van der Waals surface area contributed by atoms with Gasteiger partial charge < -0.3 is 10.6 Å². The minimum absolute atomic E-state index is 0.511. The lowest BCUT2D eigenvalue weighted by Crippen LogP contribution is -2.43. The van der Waals surface area contributed by atoms with E-state index in [4.69, 9.17) is 4.99 Å². The van der Waals surface area contributed by atoms with E-state index < -0.39 is 0 Å². The highest BCUT2D eigenvalue weighted by molar-refractivity contribution is 5.79. The first-order valence-electron chi connectivity index (χ1n) is 9.42. The average molecular weight is 335 g/mol. The molecule has 0 radical (unpaired) electrons. The van der Waals surface area contributed by atoms with Crippen LogP contribution in [0.25, 0.3) is 0 Å². The molecule has 1 aliphatic rings. The first-order valence-corrected chi connectivity index (χ1v) is 9.42. The predicted molar refractivity (Wildman–Crippen MR) is 100 cm³/mol. The number of rotatable bonds is 8. The summed E-state index contributed by atoms with van der Waals surface area (Å²) < 4.78 is 1.96. The third-order valence-electron chi connectivity index (χ3n) is 4.72. The zero-order chi connectivity index (χ0) is 17.2. The summed E-state index contributed by atoms with van der Waals surface area (Å²) in [6.07, 6.45) is 7.49. The van der Waals surface area contributed by atoms with E-state index in [1.807, 2.05) is 23.1 Å². The number of hydrogen-bond acceptors (Lipinski definition) is 3. The number of guanidine groups is 1. The third kappa shape index (κ3) is 6.51. The number of hydrogen-bond donors (Lipinski definition) is 2. The molecule has 1 atom stereocenters. The van der Waals surface area contributed by atoms with Crippen LogP contribution in [0.15, 0.2) is 23.5 Å². The maximum absolute atomic E-state index is 4.77. The topological polar surface area (TPSA) is 57.5 Å². The summed E-state index contributed by atoms with van der Waals surface area (Å²) in [5.41, 5.74) is 0. The van der Waals surface area contributed by atoms with Gasteiger partial charge in [0.05, 0.1) is 6.54 Å². The second-order valence-corrected chi connectivity index (χ2v) is 6.84. The molecule has 1 aliphatic heterocycles. The Balaban J connectivity index is 1.70. The molecule has 1 unspecified atom stereocenters. The van der Waals surface area contributed by atoms with E-state index in [0.717, 1.165) is 44.5 Å². The third-order valence-corrected chi connectivity index (χ3v) is 4.72. The predicted octanol–water partition coefficient (Wildman–Crippen LogP) is 1.95. The minimum atomic E-state index is 0.511. The minimum Gasteiger partial charge on any atom is -0.357 e. The largest absolute Gasteiger partial charge is 0.357 e. The Kier molecular flexibility index (Phi) is 8.08. The van der Waals surface area contributed by atoms with Crippen molar-refractivity contribution in [2.24, 2.45) is 10.9 Å². The molecule has 1 aromatic rings. The normalized spacial score (nSPS) is 18.5. The average Bonchev–Trinajstić information content (AvgIpc) is 3.10. The summed E-state index contributed by atoms with van der Waals surface area (Å²) in [5, 5.41) is 11.0. The van der Waals surface area contributed by atoms with Gasteiger partial charge in [0.15, 0.2) is 5.96 Å². The zero-order valence-electron chi connectivity index (χ0n) is 15.5. The number of aromatic nitrogens is 2. The van der Waals surface area contributed by atoms with Gasteiger partial charge in [-0.05, 0) is 58.2 Å². The number of aryl methyl sites for hydroxylation is 1. The van der Waals surface area contributed by atoms with Gasteiger partial charge in [0, 0.05) is 38.1 Å². The summed E-state index contributed by atoms with van der Waals surface area (Å²) in [6, 6.07) is 2.47. The summed E-state index contributed by atoms with van der Waals surface area (Å²) in [4.78, 5) is 7.35. The second-order valence-electron chi connectivity index (χ2n) is 6.84. The summed E-state index contributed by atoms with van der Waals surface area (Å²) in [5.74, 6) is 1.81. The van der Waals surface area contributed by atoms with Gasteiger partial charge in [-0.15, -0.1) is 0 Å². The Labute approximate surface area is 146 Å². The molecular weight excluding hydrogens is 300 g/mol. The Morgan fingerprint density at radius 2 is 2.12 bits per heavy atom. The van der Waals surface area contributed by atoms with Crippen molar-refractivity contribution in [3.05, 3.63) is 18.5 Å². The van der Waals surface area contributed by atoms with Crippen LogP contribution in [-0.2, 0) is 6.54 Å². The van der Waals surface area contributed by atoms with E-state index in [9.17, 15) is 0 Å². The van der Waals surface area contributed by atoms with Crippen LogP contribution in [0.2, 0.25) is 0 Å². The highest BCUT2D eigenvalue weighted by Gasteiger charge is 2.19. The van der Waals surface area contributed by atoms with Gasteiger partial charge >= 0.3 is 0 Å². The fourth-order valence-electron chi connectivity index (χ4n) is 3.03. The molecule has 1 fully saturated rings. The first-order chi connectivity index (χ1) is 11.7. The molecule has 136 valence electrons. The molecule has 0 aromatic carbocycles. The SMILES string of the molecule is CCNC(=NCC(C)N1CCC(C)CC1)NCCCn1cccn1. The van der Waals surface area contributed by atoms with E-state index in [0.29, 0.717) is 6.04 Å². The Bertz CT molecular complexity index is 462. The highest BCUT2D eigenvalue weighted by atomic mass is 15.3. The van der Waals surface area contributed by atoms with E-state index in [1.54, 1.807) is 0 Å². The lowest BCUT2D eigenvalue weighted by Gasteiger charge is -2.34. The molecule has 2 rings (SSSR count). The Morgan fingerprint density at radius 3 is 2.79 bits per heavy atom. The molecule has 6 heteroatoms. The lowest BCUT2D eigenvalue weighted by atomic mass is 9.98. The lowest BCUT2D eigenvalue weighted by molar-refractivity contribution is 0.150. The van der Waals surface area contributed by atoms with Gasteiger partial charge in [0.25, 0.3) is 0 Å². The number of nitrogens with one attached hydrogen (secondary N) is 2. The van der Waals surface area contributed by atoms with Crippen molar-refractivity contribution in [3.8, 4) is 0 Å².